The van der Waals surface area contributed by atoms with E-state index >= 15 is 0 Å². The van der Waals surface area contributed by atoms with Gasteiger partial charge in [-0.1, -0.05) is 23.2 Å². The Kier molecular flexibility index (Phi) is 6.74. The lowest BCUT2D eigenvalue weighted by atomic mass is 10.1. The quantitative estimate of drug-likeness (QED) is 0.802. The number of hydrogen-bond acceptors (Lipinski definition) is 4. The zero-order chi connectivity index (χ0) is 16.0. The maximum absolute atomic E-state index is 12.2. The minimum atomic E-state index is -0.879. The first-order chi connectivity index (χ1) is 9.77. The maximum Gasteiger partial charge on any atom is 0.264 e. The van der Waals surface area contributed by atoms with Gasteiger partial charge < -0.3 is 19.9 Å². The number of carbonyl (C=O) groups is 1. The van der Waals surface area contributed by atoms with Crippen molar-refractivity contribution in [1.29, 1.82) is 0 Å². The zero-order valence-electron chi connectivity index (χ0n) is 12.2. The molecule has 1 amide bonds. The second kappa shape index (κ2) is 7.84. The third-order valence-electron chi connectivity index (χ3n) is 2.58. The van der Waals surface area contributed by atoms with E-state index in [1.807, 2.05) is 0 Å². The van der Waals surface area contributed by atoms with Gasteiger partial charge in [-0.25, -0.2) is 0 Å². The van der Waals surface area contributed by atoms with Crippen LogP contribution in [-0.2, 0) is 9.53 Å². The van der Waals surface area contributed by atoms with E-state index in [0.29, 0.717) is 15.8 Å². The van der Waals surface area contributed by atoms with Crippen molar-refractivity contribution in [2.45, 2.75) is 25.5 Å². The fourth-order valence-corrected chi connectivity index (χ4v) is 2.03. The van der Waals surface area contributed by atoms with E-state index in [-0.39, 0.29) is 13.2 Å². The first-order valence-corrected chi connectivity index (χ1v) is 7.07. The number of halogens is 2. The van der Waals surface area contributed by atoms with Gasteiger partial charge in [-0.2, -0.15) is 0 Å². The Hall–Kier alpha value is -1.01. The Labute approximate surface area is 134 Å². The smallest absolute Gasteiger partial charge is 0.264 e. The van der Waals surface area contributed by atoms with Gasteiger partial charge >= 0.3 is 0 Å². The van der Waals surface area contributed by atoms with E-state index in [4.69, 9.17) is 32.7 Å². The Morgan fingerprint density at radius 2 is 1.90 bits per heavy atom. The van der Waals surface area contributed by atoms with Crippen molar-refractivity contribution in [2.75, 3.05) is 20.3 Å². The number of nitrogens with one attached hydrogen (secondary N) is 1. The number of carbonyl (C=O) groups excluding carboxylic acids is 1. The molecule has 1 rings (SSSR count). The summed E-state index contributed by atoms with van der Waals surface area (Å²) < 4.78 is 10.6. The summed E-state index contributed by atoms with van der Waals surface area (Å²) in [6.45, 7) is 3.26. The highest BCUT2D eigenvalue weighted by Gasteiger charge is 2.27. The van der Waals surface area contributed by atoms with Gasteiger partial charge in [-0.3, -0.25) is 4.79 Å². The number of rotatable bonds is 7. The van der Waals surface area contributed by atoms with Crippen LogP contribution in [0.5, 0.6) is 5.75 Å². The van der Waals surface area contributed by atoms with Crippen molar-refractivity contribution in [3.63, 3.8) is 0 Å². The summed E-state index contributed by atoms with van der Waals surface area (Å²) >= 11 is 11.8. The lowest BCUT2D eigenvalue weighted by Crippen LogP contribution is -2.52. The fourth-order valence-electron chi connectivity index (χ4n) is 1.53. The monoisotopic (exact) mass is 335 g/mol. The minimum Gasteiger partial charge on any atom is -0.478 e. The summed E-state index contributed by atoms with van der Waals surface area (Å²) in [6.07, 6.45) is -0.879. The summed E-state index contributed by atoms with van der Waals surface area (Å²) in [5.41, 5.74) is -0.752. The van der Waals surface area contributed by atoms with Crippen molar-refractivity contribution in [2.24, 2.45) is 0 Å². The van der Waals surface area contributed by atoms with E-state index < -0.39 is 17.6 Å². The molecule has 0 fully saturated rings. The van der Waals surface area contributed by atoms with Crippen molar-refractivity contribution in [3.05, 3.63) is 28.2 Å². The van der Waals surface area contributed by atoms with Crippen LogP contribution in [0.15, 0.2) is 18.2 Å². The fraction of sp³-hybridized carbons (Fsp3) is 0.500. The number of methoxy groups -OCH3 is 1. The largest absolute Gasteiger partial charge is 0.478 e. The van der Waals surface area contributed by atoms with E-state index in [2.05, 4.69) is 5.32 Å². The molecule has 0 bridgehead atoms. The highest BCUT2D eigenvalue weighted by atomic mass is 35.5. The van der Waals surface area contributed by atoms with Crippen LogP contribution in [0.3, 0.4) is 0 Å². The molecule has 2 N–H and O–H groups in total. The number of ether oxygens (including phenoxy) is 2. The molecule has 0 radical (unpaired) electrons. The first-order valence-electron chi connectivity index (χ1n) is 6.32. The number of aliphatic hydroxyl groups excluding tert-OH is 1. The predicted molar refractivity (Wildman–Crippen MR) is 82.1 cm³/mol. The average Bonchev–Trinajstić information content (AvgIpc) is 2.36. The molecule has 1 atom stereocenters. The summed E-state index contributed by atoms with van der Waals surface area (Å²) in [5, 5.41) is 12.7. The number of benzene rings is 1. The summed E-state index contributed by atoms with van der Waals surface area (Å²) in [7, 11) is 1.46. The molecule has 0 aliphatic rings. The average molecular weight is 336 g/mol. The van der Waals surface area contributed by atoms with Gasteiger partial charge in [0.15, 0.2) is 6.10 Å². The van der Waals surface area contributed by atoms with Crippen LogP contribution in [0.1, 0.15) is 13.8 Å². The van der Waals surface area contributed by atoms with Crippen LogP contribution in [0.4, 0.5) is 0 Å². The highest BCUT2D eigenvalue weighted by Crippen LogP contribution is 2.25. The molecule has 5 nitrogen and oxygen atoms in total. The van der Waals surface area contributed by atoms with E-state index in [0.717, 1.165) is 0 Å². The van der Waals surface area contributed by atoms with Gasteiger partial charge in [0, 0.05) is 17.2 Å². The number of hydrogen-bond donors (Lipinski definition) is 2. The molecule has 7 heteroatoms. The molecule has 0 aromatic heterocycles. The summed E-state index contributed by atoms with van der Waals surface area (Å²) in [4.78, 5) is 12.2. The second-order valence-electron chi connectivity index (χ2n) is 5.20. The van der Waals surface area contributed by atoms with Crippen LogP contribution >= 0.6 is 23.2 Å². The lowest BCUT2D eigenvalue weighted by Gasteiger charge is -2.27. The Morgan fingerprint density at radius 1 is 1.33 bits per heavy atom. The molecule has 0 saturated heterocycles. The van der Waals surface area contributed by atoms with Crippen LogP contribution in [0, 0.1) is 0 Å². The molecular formula is C14H19Cl2NO4. The number of aliphatic hydroxyl groups is 1. The normalized spacial score (nSPS) is 12.9. The van der Waals surface area contributed by atoms with E-state index in [1.165, 1.54) is 7.11 Å². The van der Waals surface area contributed by atoms with Crippen LogP contribution in [-0.4, -0.2) is 43.0 Å². The molecule has 21 heavy (non-hydrogen) atoms. The van der Waals surface area contributed by atoms with Gasteiger partial charge in [0.05, 0.1) is 18.8 Å². The van der Waals surface area contributed by atoms with Gasteiger partial charge in [0.1, 0.15) is 5.75 Å². The van der Waals surface area contributed by atoms with Gasteiger partial charge in [-0.05, 0) is 32.0 Å². The van der Waals surface area contributed by atoms with Crippen molar-refractivity contribution >= 4 is 29.1 Å². The molecule has 0 aliphatic heterocycles. The van der Waals surface area contributed by atoms with E-state index in [9.17, 15) is 9.90 Å². The molecule has 0 spiro atoms. The molecule has 0 heterocycles. The van der Waals surface area contributed by atoms with Crippen LogP contribution < -0.4 is 10.1 Å². The molecule has 118 valence electrons. The third kappa shape index (κ3) is 6.09. The Balaban J connectivity index is 2.84. The summed E-state index contributed by atoms with van der Waals surface area (Å²) in [6, 6.07) is 4.68. The molecule has 0 saturated carbocycles. The zero-order valence-corrected chi connectivity index (χ0v) is 13.7. The van der Waals surface area contributed by atoms with Gasteiger partial charge in [0.2, 0.25) is 0 Å². The first kappa shape index (κ1) is 18.0. The SMILES string of the molecule is COCC(Oc1cc(Cl)cc(Cl)c1)C(=O)NC(C)(C)CO. The molecule has 1 aromatic carbocycles. The van der Waals surface area contributed by atoms with Crippen LogP contribution in [0.2, 0.25) is 10.0 Å². The van der Waals surface area contributed by atoms with Gasteiger partial charge in [0.25, 0.3) is 5.91 Å². The van der Waals surface area contributed by atoms with E-state index in [1.54, 1.807) is 32.0 Å². The molecule has 1 aromatic rings. The maximum atomic E-state index is 12.2. The summed E-state index contributed by atoms with van der Waals surface area (Å²) in [5.74, 6) is -0.0292. The second-order valence-corrected chi connectivity index (χ2v) is 6.07. The Bertz CT molecular complexity index is 474. The molecule has 1 unspecified atom stereocenters. The lowest BCUT2D eigenvalue weighted by molar-refractivity contribution is -0.132. The Morgan fingerprint density at radius 3 is 2.38 bits per heavy atom. The third-order valence-corrected chi connectivity index (χ3v) is 3.02. The van der Waals surface area contributed by atoms with Gasteiger partial charge in [-0.15, -0.1) is 0 Å². The van der Waals surface area contributed by atoms with Crippen molar-refractivity contribution < 1.29 is 19.4 Å². The van der Waals surface area contributed by atoms with Crippen molar-refractivity contribution in [1.82, 2.24) is 5.32 Å². The standard InChI is InChI=1S/C14H19Cl2NO4/c1-14(2,8-18)17-13(19)12(7-20-3)21-11-5-9(15)4-10(16)6-11/h4-6,12,18H,7-8H2,1-3H3,(H,17,19). The highest BCUT2D eigenvalue weighted by molar-refractivity contribution is 6.34. The topological polar surface area (TPSA) is 67.8 Å². The van der Waals surface area contributed by atoms with Crippen LogP contribution in [0.25, 0.3) is 0 Å². The predicted octanol–water partition coefficient (Wildman–Crippen LogP) is 2.27. The van der Waals surface area contributed by atoms with Crippen molar-refractivity contribution in [3.8, 4) is 5.75 Å². The molecular weight excluding hydrogens is 317 g/mol. The molecule has 0 aliphatic carbocycles. The minimum absolute atomic E-state index is 0.0530. The number of amides is 1.